The smallest absolute Gasteiger partial charge is 0.389 e. The van der Waals surface area contributed by atoms with Gasteiger partial charge in [0.15, 0.2) is 5.65 Å². The van der Waals surface area contributed by atoms with Gasteiger partial charge < -0.3 is 15.7 Å². The van der Waals surface area contributed by atoms with E-state index in [1.807, 2.05) is 0 Å². The predicted octanol–water partition coefficient (Wildman–Crippen LogP) is 4.45. The minimum Gasteiger partial charge on any atom is -0.389 e. The van der Waals surface area contributed by atoms with E-state index in [2.05, 4.69) is 20.7 Å². The summed E-state index contributed by atoms with van der Waals surface area (Å²) in [5.74, 6) is -0.426. The van der Waals surface area contributed by atoms with Crippen LogP contribution in [0.5, 0.6) is 0 Å². The number of hydrogen-bond donors (Lipinski definition) is 3. The van der Waals surface area contributed by atoms with E-state index in [4.69, 9.17) is 11.6 Å². The average molecular weight is 456 g/mol. The van der Waals surface area contributed by atoms with Crippen LogP contribution >= 0.6 is 11.6 Å². The third-order valence-electron chi connectivity index (χ3n) is 4.52. The summed E-state index contributed by atoms with van der Waals surface area (Å²) in [6.45, 7) is 2.18. The first-order valence-electron chi connectivity index (χ1n) is 8.60. The number of aliphatic hydroxyl groups is 1. The molecule has 3 N–H and O–H groups in total. The SMILES string of the molecule is CC(O)c1cnn2c(NC(C)C(F)(F)F)c(C3NC=CC=C3C(F)(F)F)c(Cl)nc12. The van der Waals surface area contributed by atoms with Gasteiger partial charge in [0, 0.05) is 5.56 Å². The van der Waals surface area contributed by atoms with Gasteiger partial charge in [-0.3, -0.25) is 0 Å². The number of aromatic nitrogens is 3. The van der Waals surface area contributed by atoms with Crippen molar-refractivity contribution in [3.63, 3.8) is 0 Å². The van der Waals surface area contributed by atoms with Crippen molar-refractivity contribution < 1.29 is 31.4 Å². The van der Waals surface area contributed by atoms with E-state index in [0.29, 0.717) is 0 Å². The van der Waals surface area contributed by atoms with Crippen LogP contribution in [0, 0.1) is 0 Å². The molecule has 2 aromatic heterocycles. The fourth-order valence-corrected chi connectivity index (χ4v) is 3.24. The van der Waals surface area contributed by atoms with Crippen LogP contribution in [0.15, 0.2) is 30.1 Å². The van der Waals surface area contributed by atoms with Crippen LogP contribution < -0.4 is 10.6 Å². The van der Waals surface area contributed by atoms with E-state index in [9.17, 15) is 31.4 Å². The van der Waals surface area contributed by atoms with Crippen LogP contribution in [-0.2, 0) is 0 Å². The summed E-state index contributed by atoms with van der Waals surface area (Å²) in [7, 11) is 0. The number of anilines is 1. The first-order chi connectivity index (χ1) is 13.8. The first kappa shape index (κ1) is 22.2. The zero-order valence-electron chi connectivity index (χ0n) is 15.5. The minimum absolute atomic E-state index is 0.0838. The number of aliphatic hydroxyl groups excluding tert-OH is 1. The van der Waals surface area contributed by atoms with Gasteiger partial charge in [-0.2, -0.15) is 36.0 Å². The van der Waals surface area contributed by atoms with Crippen molar-refractivity contribution in [3.8, 4) is 0 Å². The Balaban J connectivity index is 2.28. The molecule has 0 bridgehead atoms. The van der Waals surface area contributed by atoms with Crippen molar-refractivity contribution in [3.05, 3.63) is 46.4 Å². The van der Waals surface area contributed by atoms with Crippen molar-refractivity contribution >= 4 is 23.1 Å². The number of rotatable bonds is 4. The van der Waals surface area contributed by atoms with Crippen LogP contribution in [-0.4, -0.2) is 38.1 Å². The van der Waals surface area contributed by atoms with Gasteiger partial charge in [0.05, 0.1) is 29.5 Å². The number of nitrogens with zero attached hydrogens (tertiary/aromatic N) is 3. The monoisotopic (exact) mass is 455 g/mol. The standard InChI is InChI=1S/C17H16ClF6N5O/c1-7(30)9-6-26-29-14(9)28-13(18)11(15(29)27-8(2)16(19,20)21)12-10(17(22,23)24)4-3-5-25-12/h3-8,12,25,27,30H,1-2H3. The molecule has 0 saturated heterocycles. The molecule has 164 valence electrons. The maximum absolute atomic E-state index is 13.6. The summed E-state index contributed by atoms with van der Waals surface area (Å²) in [6.07, 6.45) is -6.31. The molecule has 2 aromatic rings. The van der Waals surface area contributed by atoms with Gasteiger partial charge in [0.1, 0.15) is 17.0 Å². The van der Waals surface area contributed by atoms with Gasteiger partial charge in [-0.25, -0.2) is 4.98 Å². The predicted molar refractivity (Wildman–Crippen MR) is 96.9 cm³/mol. The Hall–Kier alpha value is -2.47. The van der Waals surface area contributed by atoms with E-state index >= 15 is 0 Å². The van der Waals surface area contributed by atoms with Crippen molar-refractivity contribution in [1.82, 2.24) is 19.9 Å². The molecule has 0 aromatic carbocycles. The number of alkyl halides is 6. The van der Waals surface area contributed by atoms with E-state index in [1.54, 1.807) is 0 Å². The average Bonchev–Trinajstić information content (AvgIpc) is 3.04. The Labute approximate surface area is 171 Å². The maximum atomic E-state index is 13.6. The van der Waals surface area contributed by atoms with Crippen molar-refractivity contribution in [2.24, 2.45) is 0 Å². The second kappa shape index (κ2) is 7.65. The van der Waals surface area contributed by atoms with Crippen molar-refractivity contribution in [1.29, 1.82) is 0 Å². The largest absolute Gasteiger partial charge is 0.415 e. The summed E-state index contributed by atoms with van der Waals surface area (Å²) in [4.78, 5) is 4.00. The zero-order valence-corrected chi connectivity index (χ0v) is 16.2. The zero-order chi connectivity index (χ0) is 22.4. The van der Waals surface area contributed by atoms with Crippen molar-refractivity contribution in [2.45, 2.75) is 44.4 Å². The highest BCUT2D eigenvalue weighted by molar-refractivity contribution is 6.30. The molecule has 3 atom stereocenters. The second-order valence-electron chi connectivity index (χ2n) is 6.66. The Morgan fingerprint density at radius 3 is 2.47 bits per heavy atom. The van der Waals surface area contributed by atoms with Crippen LogP contribution in [0.2, 0.25) is 5.15 Å². The summed E-state index contributed by atoms with van der Waals surface area (Å²) < 4.78 is 81.2. The Kier molecular flexibility index (Phi) is 5.67. The highest BCUT2D eigenvalue weighted by Gasteiger charge is 2.43. The first-order valence-corrected chi connectivity index (χ1v) is 8.98. The lowest BCUT2D eigenvalue weighted by Crippen LogP contribution is -2.36. The van der Waals surface area contributed by atoms with Crippen LogP contribution in [0.1, 0.15) is 37.1 Å². The second-order valence-corrected chi connectivity index (χ2v) is 7.02. The maximum Gasteiger partial charge on any atom is 0.415 e. The van der Waals surface area contributed by atoms with Crippen LogP contribution in [0.25, 0.3) is 5.65 Å². The molecule has 6 nitrogen and oxygen atoms in total. The van der Waals surface area contributed by atoms with E-state index in [-0.39, 0.29) is 16.8 Å². The highest BCUT2D eigenvalue weighted by Crippen LogP contribution is 2.43. The van der Waals surface area contributed by atoms with Gasteiger partial charge in [-0.05, 0) is 26.1 Å². The molecule has 30 heavy (non-hydrogen) atoms. The Bertz CT molecular complexity index is 1010. The van der Waals surface area contributed by atoms with Crippen LogP contribution in [0.3, 0.4) is 0 Å². The molecule has 3 unspecified atom stereocenters. The Morgan fingerprint density at radius 1 is 1.23 bits per heavy atom. The third-order valence-corrected chi connectivity index (χ3v) is 4.81. The van der Waals surface area contributed by atoms with E-state index in [0.717, 1.165) is 29.8 Å². The van der Waals surface area contributed by atoms with Gasteiger partial charge in [0.2, 0.25) is 0 Å². The molecule has 3 heterocycles. The lowest BCUT2D eigenvalue weighted by atomic mass is 9.97. The molecule has 1 aliphatic rings. The molecule has 0 fully saturated rings. The van der Waals surface area contributed by atoms with E-state index in [1.165, 1.54) is 13.1 Å². The summed E-state index contributed by atoms with van der Waals surface area (Å²) in [6, 6.07) is -3.78. The topological polar surface area (TPSA) is 74.5 Å². The number of allylic oxidation sites excluding steroid dienone is 2. The van der Waals surface area contributed by atoms with Crippen LogP contribution in [0.4, 0.5) is 32.2 Å². The summed E-state index contributed by atoms with van der Waals surface area (Å²) in [5.41, 5.74) is -1.37. The molecule has 3 rings (SSSR count). The Morgan fingerprint density at radius 2 is 1.90 bits per heavy atom. The lowest BCUT2D eigenvalue weighted by Gasteiger charge is -2.29. The third kappa shape index (κ3) is 4.06. The fourth-order valence-electron chi connectivity index (χ4n) is 2.96. The molecular formula is C17H16ClF6N5O. The van der Waals surface area contributed by atoms with Crippen molar-refractivity contribution in [2.75, 3.05) is 5.32 Å². The number of dihydropyridines is 1. The lowest BCUT2D eigenvalue weighted by molar-refractivity contribution is -0.138. The number of hydrogen-bond acceptors (Lipinski definition) is 5. The highest BCUT2D eigenvalue weighted by atomic mass is 35.5. The molecule has 0 radical (unpaired) electrons. The number of fused-ring (bicyclic) bond motifs is 1. The van der Waals surface area contributed by atoms with Gasteiger partial charge in [-0.1, -0.05) is 17.7 Å². The van der Waals surface area contributed by atoms with Gasteiger partial charge >= 0.3 is 12.4 Å². The molecule has 0 spiro atoms. The molecule has 1 aliphatic heterocycles. The number of halogens is 7. The molecular weight excluding hydrogens is 440 g/mol. The summed E-state index contributed by atoms with van der Waals surface area (Å²) in [5, 5.41) is 17.9. The quantitative estimate of drug-likeness (QED) is 0.469. The minimum atomic E-state index is -4.79. The van der Waals surface area contributed by atoms with Gasteiger partial charge in [0.25, 0.3) is 0 Å². The summed E-state index contributed by atoms with van der Waals surface area (Å²) >= 11 is 6.17. The molecule has 0 saturated carbocycles. The normalized spacial score (nSPS) is 19.4. The molecule has 0 amide bonds. The van der Waals surface area contributed by atoms with E-state index < -0.39 is 47.1 Å². The molecule has 13 heteroatoms. The molecule has 0 aliphatic carbocycles. The number of nitrogens with one attached hydrogen (secondary N) is 2. The van der Waals surface area contributed by atoms with Gasteiger partial charge in [-0.15, -0.1) is 0 Å². The fraction of sp³-hybridized carbons (Fsp3) is 0.412.